The van der Waals surface area contributed by atoms with Crippen LogP contribution in [0.15, 0.2) is 0 Å². The van der Waals surface area contributed by atoms with Crippen molar-refractivity contribution in [3.8, 4) is 0 Å². The lowest BCUT2D eigenvalue weighted by Gasteiger charge is -2.32. The van der Waals surface area contributed by atoms with E-state index in [0.717, 1.165) is 25.8 Å². The van der Waals surface area contributed by atoms with E-state index >= 15 is 0 Å². The summed E-state index contributed by atoms with van der Waals surface area (Å²) in [6, 6.07) is -0.159. The van der Waals surface area contributed by atoms with E-state index in [1.54, 1.807) is 12.0 Å². The van der Waals surface area contributed by atoms with Gasteiger partial charge in [-0.25, -0.2) is 4.79 Å². The number of rotatable bonds is 7. The summed E-state index contributed by atoms with van der Waals surface area (Å²) in [7, 11) is 1.67. The fourth-order valence-corrected chi connectivity index (χ4v) is 2.60. The van der Waals surface area contributed by atoms with Gasteiger partial charge in [0.25, 0.3) is 0 Å². The lowest BCUT2D eigenvalue weighted by Crippen LogP contribution is -2.47. The Bertz CT molecular complexity index is 320. The van der Waals surface area contributed by atoms with E-state index in [1.807, 2.05) is 6.92 Å². The minimum absolute atomic E-state index is 0.159. The maximum atomic E-state index is 12.1. The van der Waals surface area contributed by atoms with Gasteiger partial charge in [0.15, 0.2) is 0 Å². The molecular formula is C14H26N2O4. The van der Waals surface area contributed by atoms with Crippen molar-refractivity contribution in [2.45, 2.75) is 32.6 Å². The number of amides is 2. The average molecular weight is 286 g/mol. The first-order valence-electron chi connectivity index (χ1n) is 7.33. The molecule has 0 aromatic heterocycles. The molecule has 20 heavy (non-hydrogen) atoms. The Kier molecular flexibility index (Phi) is 7.36. The van der Waals surface area contributed by atoms with Gasteiger partial charge in [-0.2, -0.15) is 0 Å². The minimum Gasteiger partial charge on any atom is -0.481 e. The zero-order valence-electron chi connectivity index (χ0n) is 12.4. The van der Waals surface area contributed by atoms with Crippen molar-refractivity contribution in [1.82, 2.24) is 10.2 Å². The summed E-state index contributed by atoms with van der Waals surface area (Å²) in [6.07, 6.45) is 3.43. The third kappa shape index (κ3) is 5.36. The van der Waals surface area contributed by atoms with Gasteiger partial charge < -0.3 is 20.1 Å². The topological polar surface area (TPSA) is 78.9 Å². The van der Waals surface area contributed by atoms with Crippen LogP contribution in [-0.2, 0) is 9.53 Å². The molecule has 1 heterocycles. The number of ether oxygens (including phenoxy) is 1. The van der Waals surface area contributed by atoms with E-state index in [1.165, 1.54) is 0 Å². The van der Waals surface area contributed by atoms with Gasteiger partial charge in [0.2, 0.25) is 0 Å². The number of urea groups is 1. The predicted octanol–water partition coefficient (Wildman–Crippen LogP) is 1.56. The summed E-state index contributed by atoms with van der Waals surface area (Å²) < 4.78 is 5.13. The van der Waals surface area contributed by atoms with Crippen LogP contribution in [-0.4, -0.2) is 55.4 Å². The van der Waals surface area contributed by atoms with Crippen LogP contribution in [0.5, 0.6) is 0 Å². The van der Waals surface area contributed by atoms with Crippen molar-refractivity contribution in [1.29, 1.82) is 0 Å². The molecule has 2 N–H and O–H groups in total. The molecule has 116 valence electrons. The smallest absolute Gasteiger partial charge is 0.317 e. The highest BCUT2D eigenvalue weighted by Crippen LogP contribution is 2.16. The number of carboxylic acid groups (broad SMARTS) is 1. The Morgan fingerprint density at radius 3 is 2.85 bits per heavy atom. The number of hydrogen-bond donors (Lipinski definition) is 2. The first kappa shape index (κ1) is 16.8. The third-order valence-electron chi connectivity index (χ3n) is 3.69. The molecule has 2 atom stereocenters. The molecule has 0 aromatic rings. The zero-order valence-corrected chi connectivity index (χ0v) is 12.4. The van der Waals surface area contributed by atoms with Crippen LogP contribution in [0.3, 0.4) is 0 Å². The van der Waals surface area contributed by atoms with Crippen molar-refractivity contribution in [2.24, 2.45) is 11.8 Å². The number of aliphatic carboxylic acids is 1. The molecule has 0 aliphatic carbocycles. The van der Waals surface area contributed by atoms with Crippen LogP contribution in [0.1, 0.15) is 32.6 Å². The van der Waals surface area contributed by atoms with Gasteiger partial charge in [-0.1, -0.05) is 13.3 Å². The first-order valence-corrected chi connectivity index (χ1v) is 7.33. The Balaban J connectivity index is 2.39. The van der Waals surface area contributed by atoms with E-state index < -0.39 is 11.9 Å². The van der Waals surface area contributed by atoms with E-state index in [9.17, 15) is 9.59 Å². The van der Waals surface area contributed by atoms with Crippen molar-refractivity contribution < 1.29 is 19.4 Å². The summed E-state index contributed by atoms with van der Waals surface area (Å²) in [5.74, 6) is -0.961. The summed E-state index contributed by atoms with van der Waals surface area (Å²) >= 11 is 0. The predicted molar refractivity (Wildman–Crippen MR) is 75.6 cm³/mol. The summed E-state index contributed by atoms with van der Waals surface area (Å²) in [5.41, 5.74) is 0. The summed E-state index contributed by atoms with van der Waals surface area (Å²) in [4.78, 5) is 24.9. The van der Waals surface area contributed by atoms with Crippen molar-refractivity contribution >= 4 is 12.0 Å². The highest BCUT2D eigenvalue weighted by molar-refractivity contribution is 5.76. The number of carbonyl (C=O) groups is 2. The molecule has 6 nitrogen and oxygen atoms in total. The van der Waals surface area contributed by atoms with Crippen LogP contribution >= 0.6 is 0 Å². The fourth-order valence-electron chi connectivity index (χ4n) is 2.60. The maximum absolute atomic E-state index is 12.1. The van der Waals surface area contributed by atoms with Gasteiger partial charge >= 0.3 is 12.0 Å². The largest absolute Gasteiger partial charge is 0.481 e. The highest BCUT2D eigenvalue weighted by Gasteiger charge is 2.24. The van der Waals surface area contributed by atoms with Gasteiger partial charge in [-0.3, -0.25) is 4.79 Å². The van der Waals surface area contributed by atoms with Crippen LogP contribution in [0.4, 0.5) is 4.79 Å². The van der Waals surface area contributed by atoms with Crippen LogP contribution in [0, 0.1) is 11.8 Å². The second kappa shape index (κ2) is 8.79. The number of hydrogen-bond acceptors (Lipinski definition) is 3. The van der Waals surface area contributed by atoms with Gasteiger partial charge in [0.1, 0.15) is 0 Å². The van der Waals surface area contributed by atoms with Crippen molar-refractivity contribution in [3.63, 3.8) is 0 Å². The van der Waals surface area contributed by atoms with Crippen LogP contribution < -0.4 is 5.32 Å². The minimum atomic E-state index is -0.844. The van der Waals surface area contributed by atoms with Crippen LogP contribution in [0.25, 0.3) is 0 Å². The molecular weight excluding hydrogens is 260 g/mol. The Labute approximate surface area is 120 Å². The highest BCUT2D eigenvalue weighted by atomic mass is 16.5. The molecule has 2 amide bonds. The number of piperidine rings is 1. The molecule has 1 aliphatic heterocycles. The Hall–Kier alpha value is -1.30. The monoisotopic (exact) mass is 286 g/mol. The molecule has 2 unspecified atom stereocenters. The molecule has 1 rings (SSSR count). The molecule has 6 heteroatoms. The second-order valence-corrected chi connectivity index (χ2v) is 5.42. The van der Waals surface area contributed by atoms with Gasteiger partial charge in [-0.15, -0.1) is 0 Å². The maximum Gasteiger partial charge on any atom is 0.317 e. The number of likely N-dealkylation sites (tertiary alicyclic amines) is 1. The van der Waals surface area contributed by atoms with E-state index in [-0.39, 0.29) is 12.6 Å². The average Bonchev–Trinajstić information content (AvgIpc) is 2.43. The van der Waals surface area contributed by atoms with Gasteiger partial charge in [-0.05, 0) is 19.3 Å². The van der Waals surface area contributed by atoms with Crippen molar-refractivity contribution in [3.05, 3.63) is 0 Å². The molecule has 1 aliphatic rings. The lowest BCUT2D eigenvalue weighted by atomic mass is 9.99. The third-order valence-corrected chi connectivity index (χ3v) is 3.69. The molecule has 1 saturated heterocycles. The molecule has 1 fully saturated rings. The SMILES string of the molecule is CCCC(CNC(=O)N1CCCC(COC)C1)C(=O)O. The summed E-state index contributed by atoms with van der Waals surface area (Å²) in [6.45, 7) is 4.23. The zero-order chi connectivity index (χ0) is 15.0. The normalized spacial score (nSPS) is 20.5. The van der Waals surface area contributed by atoms with Crippen molar-refractivity contribution in [2.75, 3.05) is 33.4 Å². The number of methoxy groups -OCH3 is 1. The summed E-state index contributed by atoms with van der Waals surface area (Å²) in [5, 5.41) is 11.8. The van der Waals surface area contributed by atoms with E-state index in [0.29, 0.717) is 25.5 Å². The number of carbonyl (C=O) groups excluding carboxylic acids is 1. The molecule has 0 bridgehead atoms. The fraction of sp³-hybridized carbons (Fsp3) is 0.857. The second-order valence-electron chi connectivity index (χ2n) is 5.42. The quantitative estimate of drug-likeness (QED) is 0.744. The van der Waals surface area contributed by atoms with Crippen LogP contribution in [0.2, 0.25) is 0 Å². The van der Waals surface area contributed by atoms with Gasteiger partial charge in [0, 0.05) is 32.7 Å². The molecule has 0 saturated carbocycles. The number of nitrogens with zero attached hydrogens (tertiary/aromatic N) is 1. The molecule has 0 spiro atoms. The van der Waals surface area contributed by atoms with Gasteiger partial charge in [0.05, 0.1) is 12.5 Å². The Morgan fingerprint density at radius 2 is 2.25 bits per heavy atom. The molecule has 0 aromatic carbocycles. The first-order chi connectivity index (χ1) is 9.58. The number of carboxylic acids is 1. The van der Waals surface area contributed by atoms with E-state index in [2.05, 4.69) is 5.32 Å². The lowest BCUT2D eigenvalue weighted by molar-refractivity contribution is -0.141. The van der Waals surface area contributed by atoms with E-state index in [4.69, 9.17) is 9.84 Å². The standard InChI is InChI=1S/C14H26N2O4/c1-3-5-12(13(17)18)8-15-14(19)16-7-4-6-11(9-16)10-20-2/h11-12H,3-10H2,1-2H3,(H,15,19)(H,17,18). The molecule has 0 radical (unpaired) electrons. The Morgan fingerprint density at radius 1 is 1.50 bits per heavy atom. The number of nitrogens with one attached hydrogen (secondary N) is 1.